The number of nitrogens with one attached hydrogen (secondary N) is 1. The van der Waals surface area contributed by atoms with E-state index < -0.39 is 0 Å². The average molecular weight is 200 g/mol. The van der Waals surface area contributed by atoms with Crippen molar-refractivity contribution in [3.05, 3.63) is 0 Å². The van der Waals surface area contributed by atoms with E-state index in [-0.39, 0.29) is 0 Å². The molecule has 1 aliphatic heterocycles. The molecular weight excluding hydrogens is 176 g/mol. The van der Waals surface area contributed by atoms with Gasteiger partial charge in [-0.1, -0.05) is 6.92 Å². The fourth-order valence-corrected chi connectivity index (χ4v) is 1.85. The number of hydrogen-bond acceptors (Lipinski definition) is 3. The summed E-state index contributed by atoms with van der Waals surface area (Å²) < 4.78 is 5.51. The van der Waals surface area contributed by atoms with E-state index >= 15 is 0 Å². The summed E-state index contributed by atoms with van der Waals surface area (Å²) >= 11 is 0. The standard InChI is InChI=1S/C11H24N2O/c1-5-12-11-8-14-7-10(11)6-13(4)9(2)3/h9-12H,5-8H2,1-4H3. The first-order chi connectivity index (χ1) is 6.65. The second-order valence-corrected chi connectivity index (χ2v) is 4.50. The summed E-state index contributed by atoms with van der Waals surface area (Å²) in [5, 5.41) is 3.49. The Labute approximate surface area is 87.8 Å². The minimum absolute atomic E-state index is 0.557. The number of rotatable bonds is 5. The van der Waals surface area contributed by atoms with Crippen molar-refractivity contribution in [2.45, 2.75) is 32.9 Å². The summed E-state index contributed by atoms with van der Waals surface area (Å²) in [6.07, 6.45) is 0. The Bertz CT molecular complexity index is 161. The molecular formula is C11H24N2O. The zero-order chi connectivity index (χ0) is 10.6. The van der Waals surface area contributed by atoms with Gasteiger partial charge in [-0.3, -0.25) is 0 Å². The predicted octanol–water partition coefficient (Wildman–Crippen LogP) is 0.951. The molecule has 0 aromatic rings. The number of likely N-dealkylation sites (N-methyl/N-ethyl adjacent to an activating group) is 1. The fraction of sp³-hybridized carbons (Fsp3) is 1.00. The first-order valence-corrected chi connectivity index (χ1v) is 5.66. The highest BCUT2D eigenvalue weighted by atomic mass is 16.5. The third kappa shape index (κ3) is 3.23. The van der Waals surface area contributed by atoms with Crippen molar-refractivity contribution >= 4 is 0 Å². The Kier molecular flexibility index (Phi) is 4.85. The molecule has 1 rings (SSSR count). The Hall–Kier alpha value is -0.120. The lowest BCUT2D eigenvalue weighted by molar-refractivity contribution is 0.166. The molecule has 2 atom stereocenters. The van der Waals surface area contributed by atoms with Crippen LogP contribution in [0.2, 0.25) is 0 Å². The number of nitrogens with zero attached hydrogens (tertiary/aromatic N) is 1. The van der Waals surface area contributed by atoms with Gasteiger partial charge in [-0.25, -0.2) is 0 Å². The van der Waals surface area contributed by atoms with Gasteiger partial charge in [-0.15, -0.1) is 0 Å². The Morgan fingerprint density at radius 1 is 1.43 bits per heavy atom. The van der Waals surface area contributed by atoms with Gasteiger partial charge in [0.05, 0.1) is 13.2 Å². The highest BCUT2D eigenvalue weighted by Gasteiger charge is 2.28. The molecule has 1 N–H and O–H groups in total. The molecule has 1 saturated heterocycles. The van der Waals surface area contributed by atoms with Crippen LogP contribution in [0.25, 0.3) is 0 Å². The van der Waals surface area contributed by atoms with Gasteiger partial charge in [0.15, 0.2) is 0 Å². The second-order valence-electron chi connectivity index (χ2n) is 4.50. The van der Waals surface area contributed by atoms with Gasteiger partial charge in [-0.05, 0) is 27.4 Å². The van der Waals surface area contributed by atoms with Crippen LogP contribution in [0.15, 0.2) is 0 Å². The third-order valence-corrected chi connectivity index (χ3v) is 3.07. The van der Waals surface area contributed by atoms with Crippen molar-refractivity contribution < 1.29 is 4.74 Å². The second kappa shape index (κ2) is 5.69. The summed E-state index contributed by atoms with van der Waals surface area (Å²) in [5.74, 6) is 0.655. The van der Waals surface area contributed by atoms with E-state index in [9.17, 15) is 0 Å². The Balaban J connectivity index is 2.35. The minimum atomic E-state index is 0.557. The summed E-state index contributed by atoms with van der Waals surface area (Å²) in [4.78, 5) is 2.39. The molecule has 0 radical (unpaired) electrons. The molecule has 14 heavy (non-hydrogen) atoms. The lowest BCUT2D eigenvalue weighted by atomic mass is 10.0. The molecule has 0 aliphatic carbocycles. The maximum Gasteiger partial charge on any atom is 0.0623 e. The third-order valence-electron chi connectivity index (χ3n) is 3.07. The van der Waals surface area contributed by atoms with Crippen molar-refractivity contribution in [2.24, 2.45) is 5.92 Å². The van der Waals surface area contributed by atoms with Crippen LogP contribution in [-0.4, -0.2) is 50.3 Å². The van der Waals surface area contributed by atoms with Crippen molar-refractivity contribution in [3.63, 3.8) is 0 Å². The van der Waals surface area contributed by atoms with Crippen LogP contribution in [0, 0.1) is 5.92 Å². The van der Waals surface area contributed by atoms with E-state index in [4.69, 9.17) is 4.74 Å². The van der Waals surface area contributed by atoms with Crippen LogP contribution in [0.4, 0.5) is 0 Å². The van der Waals surface area contributed by atoms with Crippen molar-refractivity contribution in [2.75, 3.05) is 33.4 Å². The molecule has 2 unspecified atom stereocenters. The molecule has 0 amide bonds. The fourth-order valence-electron chi connectivity index (χ4n) is 1.85. The van der Waals surface area contributed by atoms with Crippen molar-refractivity contribution in [1.29, 1.82) is 0 Å². The van der Waals surface area contributed by atoms with Crippen LogP contribution in [-0.2, 0) is 4.74 Å². The summed E-state index contributed by atoms with van der Waals surface area (Å²) in [6, 6.07) is 1.18. The van der Waals surface area contributed by atoms with E-state index in [1.54, 1.807) is 0 Å². The lowest BCUT2D eigenvalue weighted by Crippen LogP contribution is -2.42. The largest absolute Gasteiger partial charge is 0.379 e. The summed E-state index contributed by atoms with van der Waals surface area (Å²) in [6.45, 7) is 10.6. The maximum absolute atomic E-state index is 5.51. The Morgan fingerprint density at radius 2 is 2.14 bits per heavy atom. The van der Waals surface area contributed by atoms with Gasteiger partial charge in [0, 0.05) is 24.5 Å². The lowest BCUT2D eigenvalue weighted by Gasteiger charge is -2.27. The molecule has 0 saturated carbocycles. The monoisotopic (exact) mass is 200 g/mol. The van der Waals surface area contributed by atoms with Crippen molar-refractivity contribution in [3.8, 4) is 0 Å². The van der Waals surface area contributed by atoms with Gasteiger partial charge in [0.1, 0.15) is 0 Å². The number of ether oxygens (including phenoxy) is 1. The van der Waals surface area contributed by atoms with Crippen LogP contribution < -0.4 is 5.32 Å². The van der Waals surface area contributed by atoms with Crippen molar-refractivity contribution in [1.82, 2.24) is 10.2 Å². The van der Waals surface area contributed by atoms with Crippen LogP contribution in [0.1, 0.15) is 20.8 Å². The normalized spacial score (nSPS) is 27.9. The minimum Gasteiger partial charge on any atom is -0.379 e. The van der Waals surface area contributed by atoms with Crippen LogP contribution >= 0.6 is 0 Å². The quantitative estimate of drug-likeness (QED) is 0.715. The molecule has 1 aliphatic rings. The van der Waals surface area contributed by atoms with Gasteiger partial charge < -0.3 is 15.0 Å². The van der Waals surface area contributed by atoms with Gasteiger partial charge >= 0.3 is 0 Å². The molecule has 0 aromatic heterocycles. The molecule has 1 fully saturated rings. The predicted molar refractivity (Wildman–Crippen MR) is 59.5 cm³/mol. The van der Waals surface area contributed by atoms with Crippen LogP contribution in [0.5, 0.6) is 0 Å². The summed E-state index contributed by atoms with van der Waals surface area (Å²) in [7, 11) is 2.19. The van der Waals surface area contributed by atoms with Gasteiger partial charge in [0.25, 0.3) is 0 Å². The smallest absolute Gasteiger partial charge is 0.0623 e. The first kappa shape index (κ1) is 12.0. The Morgan fingerprint density at radius 3 is 2.71 bits per heavy atom. The van der Waals surface area contributed by atoms with E-state index in [2.05, 4.69) is 38.0 Å². The number of hydrogen-bond donors (Lipinski definition) is 1. The molecule has 84 valence electrons. The maximum atomic E-state index is 5.51. The SMILES string of the molecule is CCNC1COCC1CN(C)C(C)C. The topological polar surface area (TPSA) is 24.5 Å². The molecule has 0 bridgehead atoms. The first-order valence-electron chi connectivity index (χ1n) is 5.66. The van der Waals surface area contributed by atoms with Gasteiger partial charge in [0.2, 0.25) is 0 Å². The zero-order valence-electron chi connectivity index (χ0n) is 9.92. The van der Waals surface area contributed by atoms with Crippen LogP contribution in [0.3, 0.4) is 0 Å². The van der Waals surface area contributed by atoms with E-state index in [1.165, 1.54) is 0 Å². The average Bonchev–Trinajstić information content (AvgIpc) is 2.53. The zero-order valence-corrected chi connectivity index (χ0v) is 9.92. The highest BCUT2D eigenvalue weighted by molar-refractivity contribution is 4.83. The molecule has 0 aromatic carbocycles. The van der Waals surface area contributed by atoms with E-state index in [0.717, 1.165) is 26.3 Å². The molecule has 3 heteroatoms. The highest BCUT2D eigenvalue weighted by Crippen LogP contribution is 2.15. The van der Waals surface area contributed by atoms with E-state index in [0.29, 0.717) is 18.0 Å². The van der Waals surface area contributed by atoms with E-state index in [1.807, 2.05) is 0 Å². The molecule has 0 spiro atoms. The summed E-state index contributed by atoms with van der Waals surface area (Å²) in [5.41, 5.74) is 0. The molecule has 1 heterocycles. The molecule has 3 nitrogen and oxygen atoms in total. The van der Waals surface area contributed by atoms with Gasteiger partial charge in [-0.2, -0.15) is 0 Å².